The fourth-order valence-electron chi connectivity index (χ4n) is 2.80. The summed E-state index contributed by atoms with van der Waals surface area (Å²) in [6.45, 7) is 0.283. The van der Waals surface area contributed by atoms with Gasteiger partial charge in [0.15, 0.2) is 0 Å². The van der Waals surface area contributed by atoms with Crippen molar-refractivity contribution in [1.82, 2.24) is 5.32 Å². The first-order valence-corrected chi connectivity index (χ1v) is 6.40. The maximum Gasteiger partial charge on any atom is 0.0572 e. The molecule has 0 amide bonds. The molecule has 0 spiro atoms. The zero-order valence-corrected chi connectivity index (χ0v) is 10.1. The third kappa shape index (κ3) is 3.06. The van der Waals surface area contributed by atoms with Gasteiger partial charge in [0.05, 0.1) is 6.10 Å². The number of rotatable bonds is 4. The number of hydrogen-bond donors (Lipinski definition) is 2. The van der Waals surface area contributed by atoms with Crippen molar-refractivity contribution in [2.45, 2.75) is 50.3 Å². The summed E-state index contributed by atoms with van der Waals surface area (Å²) in [5.41, 5.74) is 0. The summed E-state index contributed by atoms with van der Waals surface area (Å²) in [6.07, 6.45) is 10.7. The van der Waals surface area contributed by atoms with Crippen LogP contribution in [0, 0.1) is 5.92 Å². The quantitative estimate of drug-likeness (QED) is 0.712. The summed E-state index contributed by atoms with van der Waals surface area (Å²) >= 11 is 0. The molecule has 0 unspecified atom stereocenters. The molecule has 2 N–H and O–H groups in total. The van der Waals surface area contributed by atoms with Crippen molar-refractivity contribution < 1.29 is 9.84 Å². The zero-order valence-electron chi connectivity index (χ0n) is 10.1. The van der Waals surface area contributed by atoms with Crippen molar-refractivity contribution in [2.75, 3.05) is 13.7 Å². The van der Waals surface area contributed by atoms with Crippen LogP contribution in [0.1, 0.15) is 32.1 Å². The third-order valence-corrected chi connectivity index (χ3v) is 3.86. The number of methoxy groups -OCH3 is 1. The highest BCUT2D eigenvalue weighted by molar-refractivity contribution is 5.06. The van der Waals surface area contributed by atoms with E-state index in [0.717, 1.165) is 6.42 Å². The number of ether oxygens (including phenoxy) is 1. The summed E-state index contributed by atoms with van der Waals surface area (Å²) in [7, 11) is 1.81. The van der Waals surface area contributed by atoms with Gasteiger partial charge in [-0.25, -0.2) is 0 Å². The molecule has 0 radical (unpaired) electrons. The minimum Gasteiger partial charge on any atom is -0.396 e. The Labute approximate surface area is 97.9 Å². The van der Waals surface area contributed by atoms with Gasteiger partial charge in [-0.1, -0.05) is 12.2 Å². The van der Waals surface area contributed by atoms with Crippen LogP contribution in [-0.2, 0) is 4.74 Å². The summed E-state index contributed by atoms with van der Waals surface area (Å²) < 4.78 is 5.37. The van der Waals surface area contributed by atoms with Gasteiger partial charge in [0, 0.05) is 31.7 Å². The van der Waals surface area contributed by atoms with Crippen molar-refractivity contribution >= 4 is 0 Å². The molecule has 1 fully saturated rings. The lowest BCUT2D eigenvalue weighted by molar-refractivity contribution is 0.0616. The molecular formula is C13H23NO2. The molecular weight excluding hydrogens is 202 g/mol. The maximum atomic E-state index is 9.06. The summed E-state index contributed by atoms with van der Waals surface area (Å²) in [4.78, 5) is 0. The lowest BCUT2D eigenvalue weighted by Gasteiger charge is -2.30. The van der Waals surface area contributed by atoms with E-state index in [1.807, 2.05) is 7.11 Å². The normalized spacial score (nSPS) is 39.1. The van der Waals surface area contributed by atoms with E-state index in [4.69, 9.17) is 9.84 Å². The Bertz CT molecular complexity index is 234. The van der Waals surface area contributed by atoms with E-state index < -0.39 is 0 Å². The minimum absolute atomic E-state index is 0.283. The highest BCUT2D eigenvalue weighted by Gasteiger charge is 2.24. The number of aliphatic hydroxyl groups excluding tert-OH is 1. The van der Waals surface area contributed by atoms with E-state index in [0.29, 0.717) is 24.1 Å². The van der Waals surface area contributed by atoms with Crippen molar-refractivity contribution in [3.05, 3.63) is 12.2 Å². The van der Waals surface area contributed by atoms with Gasteiger partial charge >= 0.3 is 0 Å². The molecule has 2 atom stereocenters. The fourth-order valence-corrected chi connectivity index (χ4v) is 2.80. The topological polar surface area (TPSA) is 41.5 Å². The first kappa shape index (κ1) is 12.1. The Balaban J connectivity index is 1.70. The molecule has 2 rings (SSSR count). The summed E-state index contributed by atoms with van der Waals surface area (Å²) in [5.74, 6) is 0.368. The van der Waals surface area contributed by atoms with Gasteiger partial charge < -0.3 is 15.2 Å². The van der Waals surface area contributed by atoms with E-state index in [-0.39, 0.29) is 6.61 Å². The van der Waals surface area contributed by atoms with Crippen LogP contribution in [0.4, 0.5) is 0 Å². The molecule has 0 aliphatic heterocycles. The van der Waals surface area contributed by atoms with Crippen LogP contribution in [0.2, 0.25) is 0 Å². The van der Waals surface area contributed by atoms with Crippen molar-refractivity contribution in [1.29, 1.82) is 0 Å². The van der Waals surface area contributed by atoms with Gasteiger partial charge in [0.1, 0.15) is 0 Å². The molecule has 0 saturated heterocycles. The molecule has 0 aromatic rings. The van der Waals surface area contributed by atoms with E-state index in [1.165, 1.54) is 25.7 Å². The SMILES string of the molecule is COC1CCC(N[C@@H]2C=C[C@H](CO)C2)CC1. The zero-order chi connectivity index (χ0) is 11.4. The van der Waals surface area contributed by atoms with Gasteiger partial charge in [-0.05, 0) is 32.1 Å². The average molecular weight is 225 g/mol. The van der Waals surface area contributed by atoms with Crippen LogP contribution in [0.25, 0.3) is 0 Å². The van der Waals surface area contributed by atoms with Crippen LogP contribution < -0.4 is 5.32 Å². The van der Waals surface area contributed by atoms with Crippen LogP contribution >= 0.6 is 0 Å². The largest absolute Gasteiger partial charge is 0.396 e. The second-order valence-electron chi connectivity index (χ2n) is 5.05. The smallest absolute Gasteiger partial charge is 0.0572 e. The van der Waals surface area contributed by atoms with Crippen LogP contribution in [0.3, 0.4) is 0 Å². The Morgan fingerprint density at radius 1 is 1.25 bits per heavy atom. The highest BCUT2D eigenvalue weighted by Crippen LogP contribution is 2.23. The highest BCUT2D eigenvalue weighted by atomic mass is 16.5. The molecule has 3 heteroatoms. The number of aliphatic hydroxyl groups is 1. The molecule has 0 aromatic carbocycles. The fraction of sp³-hybridized carbons (Fsp3) is 0.846. The molecule has 92 valence electrons. The standard InChI is InChI=1S/C13H23NO2/c1-16-13-6-4-11(5-7-13)14-12-3-2-10(8-12)9-15/h2-3,10-15H,4-9H2,1H3/t10-,11?,12+,13?/m0/s1. The monoisotopic (exact) mass is 225 g/mol. The third-order valence-electron chi connectivity index (χ3n) is 3.86. The molecule has 1 saturated carbocycles. The summed E-state index contributed by atoms with van der Waals surface area (Å²) in [6, 6.07) is 1.11. The Kier molecular flexibility index (Phi) is 4.38. The van der Waals surface area contributed by atoms with Crippen molar-refractivity contribution in [3.8, 4) is 0 Å². The predicted octanol–water partition coefficient (Wildman–Crippen LogP) is 1.47. The van der Waals surface area contributed by atoms with E-state index in [9.17, 15) is 0 Å². The van der Waals surface area contributed by atoms with Gasteiger partial charge in [0.2, 0.25) is 0 Å². The Morgan fingerprint density at radius 3 is 2.56 bits per heavy atom. The molecule has 2 aliphatic rings. The van der Waals surface area contributed by atoms with Gasteiger partial charge in [0.25, 0.3) is 0 Å². The molecule has 0 heterocycles. The van der Waals surface area contributed by atoms with Crippen molar-refractivity contribution in [3.63, 3.8) is 0 Å². The molecule has 2 aliphatic carbocycles. The predicted molar refractivity (Wildman–Crippen MR) is 64.3 cm³/mol. The van der Waals surface area contributed by atoms with E-state index >= 15 is 0 Å². The number of hydrogen-bond acceptors (Lipinski definition) is 3. The van der Waals surface area contributed by atoms with Gasteiger partial charge in [-0.2, -0.15) is 0 Å². The van der Waals surface area contributed by atoms with Crippen molar-refractivity contribution in [2.24, 2.45) is 5.92 Å². The lowest BCUT2D eigenvalue weighted by atomic mass is 9.92. The van der Waals surface area contributed by atoms with Crippen LogP contribution in [-0.4, -0.2) is 37.0 Å². The minimum atomic E-state index is 0.283. The van der Waals surface area contributed by atoms with Crippen LogP contribution in [0.5, 0.6) is 0 Å². The van der Waals surface area contributed by atoms with E-state index in [2.05, 4.69) is 17.5 Å². The van der Waals surface area contributed by atoms with Gasteiger partial charge in [-0.15, -0.1) is 0 Å². The molecule has 16 heavy (non-hydrogen) atoms. The first-order chi connectivity index (χ1) is 7.81. The molecule has 0 aromatic heterocycles. The summed E-state index contributed by atoms with van der Waals surface area (Å²) in [5, 5.41) is 12.7. The molecule has 0 bridgehead atoms. The molecule has 3 nitrogen and oxygen atoms in total. The second-order valence-corrected chi connectivity index (χ2v) is 5.05. The maximum absolute atomic E-state index is 9.06. The van der Waals surface area contributed by atoms with Gasteiger partial charge in [-0.3, -0.25) is 0 Å². The van der Waals surface area contributed by atoms with Crippen LogP contribution in [0.15, 0.2) is 12.2 Å². The first-order valence-electron chi connectivity index (χ1n) is 6.40. The second kappa shape index (κ2) is 5.80. The lowest BCUT2D eigenvalue weighted by Crippen LogP contribution is -2.40. The van der Waals surface area contributed by atoms with E-state index in [1.54, 1.807) is 0 Å². The Morgan fingerprint density at radius 2 is 2.00 bits per heavy atom. The number of nitrogens with one attached hydrogen (secondary N) is 1. The average Bonchev–Trinajstić information content (AvgIpc) is 2.78. The Hall–Kier alpha value is -0.380.